The summed E-state index contributed by atoms with van der Waals surface area (Å²) in [6.07, 6.45) is 3.54. The van der Waals surface area contributed by atoms with Gasteiger partial charge in [0.25, 0.3) is 0 Å². The van der Waals surface area contributed by atoms with Crippen molar-refractivity contribution < 1.29 is 4.74 Å². The van der Waals surface area contributed by atoms with Crippen LogP contribution in [0.4, 0.5) is 5.69 Å². The Bertz CT molecular complexity index is 912. The van der Waals surface area contributed by atoms with Gasteiger partial charge >= 0.3 is 0 Å². The molecule has 4 nitrogen and oxygen atoms in total. The minimum Gasteiger partial charge on any atom is -0.383 e. The first kappa shape index (κ1) is 17.6. The first-order valence-corrected chi connectivity index (χ1v) is 9.19. The van der Waals surface area contributed by atoms with E-state index in [1.54, 1.807) is 30.8 Å². The minimum atomic E-state index is 0.184. The lowest BCUT2D eigenvalue weighted by Gasteiger charge is -2.17. The number of rotatable bonds is 5. The fourth-order valence-electron chi connectivity index (χ4n) is 2.79. The zero-order valence-electron chi connectivity index (χ0n) is 15.1. The van der Waals surface area contributed by atoms with E-state index in [-0.39, 0.29) is 6.04 Å². The van der Waals surface area contributed by atoms with Gasteiger partial charge in [0.15, 0.2) is 4.80 Å². The first-order chi connectivity index (χ1) is 12.1. The quantitative estimate of drug-likeness (QED) is 0.669. The summed E-state index contributed by atoms with van der Waals surface area (Å²) >= 11 is 1.64. The molecule has 0 aliphatic heterocycles. The monoisotopic (exact) mass is 353 g/mol. The maximum atomic E-state index is 5.40. The third-order valence-corrected chi connectivity index (χ3v) is 5.10. The Kier molecular flexibility index (Phi) is 5.46. The molecule has 2 aromatic heterocycles. The number of hydrogen-bond acceptors (Lipinski definition) is 4. The summed E-state index contributed by atoms with van der Waals surface area (Å²) in [5.74, 6) is 0. The van der Waals surface area contributed by atoms with E-state index in [0.29, 0.717) is 6.61 Å². The van der Waals surface area contributed by atoms with Crippen LogP contribution in [0.3, 0.4) is 0 Å². The van der Waals surface area contributed by atoms with Crippen molar-refractivity contribution in [3.63, 3.8) is 0 Å². The van der Waals surface area contributed by atoms with Gasteiger partial charge < -0.3 is 9.30 Å². The third-order valence-electron chi connectivity index (χ3n) is 4.26. The minimum absolute atomic E-state index is 0.184. The molecule has 3 rings (SSSR count). The van der Waals surface area contributed by atoms with Gasteiger partial charge in [0.1, 0.15) is 0 Å². The Morgan fingerprint density at radius 1 is 1.24 bits per heavy atom. The first-order valence-electron chi connectivity index (χ1n) is 8.31. The summed E-state index contributed by atoms with van der Waals surface area (Å²) in [4.78, 5) is 9.90. The van der Waals surface area contributed by atoms with Crippen molar-refractivity contribution in [3.8, 4) is 11.3 Å². The van der Waals surface area contributed by atoms with Gasteiger partial charge in [-0.2, -0.15) is 0 Å². The van der Waals surface area contributed by atoms with E-state index in [2.05, 4.69) is 53.9 Å². The molecular weight excluding hydrogens is 330 g/mol. The molecule has 25 heavy (non-hydrogen) atoms. The average molecular weight is 353 g/mol. The third kappa shape index (κ3) is 3.89. The van der Waals surface area contributed by atoms with Crippen molar-refractivity contribution in [2.24, 2.45) is 4.99 Å². The molecule has 5 heteroatoms. The van der Waals surface area contributed by atoms with Gasteiger partial charge in [-0.1, -0.05) is 12.1 Å². The molecule has 1 aromatic carbocycles. The van der Waals surface area contributed by atoms with Crippen LogP contribution in [-0.4, -0.2) is 23.3 Å². The van der Waals surface area contributed by atoms with Crippen molar-refractivity contribution in [2.45, 2.75) is 26.8 Å². The molecule has 3 aromatic rings. The molecule has 1 atom stereocenters. The van der Waals surface area contributed by atoms with Crippen LogP contribution in [-0.2, 0) is 4.74 Å². The van der Waals surface area contributed by atoms with E-state index in [0.717, 1.165) is 10.5 Å². The Balaban J connectivity index is 2.16. The maximum absolute atomic E-state index is 5.40. The van der Waals surface area contributed by atoms with Crippen LogP contribution in [0.1, 0.15) is 24.1 Å². The zero-order valence-corrected chi connectivity index (χ0v) is 15.9. The molecule has 2 heterocycles. The molecule has 0 radical (unpaired) electrons. The Morgan fingerprint density at radius 3 is 2.76 bits per heavy atom. The lowest BCUT2D eigenvalue weighted by molar-refractivity contribution is 0.162. The standard InChI is InChI=1S/C20H23N3OS/c1-14-7-8-17(10-15(14)2)19-13-25-20(23(19)16(3)12-24-4)22-18-6-5-9-21-11-18/h5-11,13,16H,12H2,1-4H3. The molecule has 0 amide bonds. The topological polar surface area (TPSA) is 39.4 Å². The lowest BCUT2D eigenvalue weighted by atomic mass is 10.0. The normalized spacial score (nSPS) is 13.2. The van der Waals surface area contributed by atoms with Crippen LogP contribution in [0.5, 0.6) is 0 Å². The second-order valence-corrected chi connectivity index (χ2v) is 7.04. The molecule has 0 fully saturated rings. The SMILES string of the molecule is COCC(C)n1c(-c2ccc(C)c(C)c2)csc1=Nc1cccnc1. The van der Waals surface area contributed by atoms with Gasteiger partial charge in [-0.3, -0.25) is 4.98 Å². The van der Waals surface area contributed by atoms with Gasteiger partial charge in [0.05, 0.1) is 30.2 Å². The van der Waals surface area contributed by atoms with Crippen molar-refractivity contribution in [3.05, 3.63) is 64.0 Å². The van der Waals surface area contributed by atoms with Crippen LogP contribution < -0.4 is 4.80 Å². The van der Waals surface area contributed by atoms with Gasteiger partial charge in [0, 0.05) is 18.7 Å². The highest BCUT2D eigenvalue weighted by Gasteiger charge is 2.14. The van der Waals surface area contributed by atoms with Crippen LogP contribution in [0, 0.1) is 13.8 Å². The summed E-state index contributed by atoms with van der Waals surface area (Å²) < 4.78 is 7.65. The number of methoxy groups -OCH3 is 1. The van der Waals surface area contributed by atoms with Crippen molar-refractivity contribution in [1.82, 2.24) is 9.55 Å². The Morgan fingerprint density at radius 2 is 2.08 bits per heavy atom. The Labute approximate surface area is 152 Å². The lowest BCUT2D eigenvalue weighted by Crippen LogP contribution is -2.23. The van der Waals surface area contributed by atoms with E-state index >= 15 is 0 Å². The van der Waals surface area contributed by atoms with E-state index in [9.17, 15) is 0 Å². The molecule has 0 bridgehead atoms. The molecule has 0 N–H and O–H groups in total. The number of aromatic nitrogens is 2. The molecule has 0 spiro atoms. The number of pyridine rings is 1. The largest absolute Gasteiger partial charge is 0.383 e. The highest BCUT2D eigenvalue weighted by atomic mass is 32.1. The summed E-state index contributed by atoms with van der Waals surface area (Å²) in [7, 11) is 1.73. The smallest absolute Gasteiger partial charge is 0.190 e. The molecule has 1 unspecified atom stereocenters. The molecule has 0 saturated carbocycles. The van der Waals surface area contributed by atoms with Crippen molar-refractivity contribution >= 4 is 17.0 Å². The summed E-state index contributed by atoms with van der Waals surface area (Å²) in [6.45, 7) is 7.07. The van der Waals surface area contributed by atoms with Crippen LogP contribution in [0.25, 0.3) is 11.3 Å². The fraction of sp³-hybridized carbons (Fsp3) is 0.300. The maximum Gasteiger partial charge on any atom is 0.190 e. The summed E-state index contributed by atoms with van der Waals surface area (Å²) in [6, 6.07) is 10.6. The van der Waals surface area contributed by atoms with E-state index < -0.39 is 0 Å². The average Bonchev–Trinajstić information content (AvgIpc) is 3.02. The predicted molar refractivity (Wildman–Crippen MR) is 103 cm³/mol. The van der Waals surface area contributed by atoms with E-state index in [1.807, 2.05) is 12.1 Å². The fourth-order valence-corrected chi connectivity index (χ4v) is 3.80. The highest BCUT2D eigenvalue weighted by molar-refractivity contribution is 7.07. The van der Waals surface area contributed by atoms with Crippen LogP contribution in [0.2, 0.25) is 0 Å². The molecule has 0 aliphatic carbocycles. The van der Waals surface area contributed by atoms with Crippen LogP contribution in [0.15, 0.2) is 53.1 Å². The number of nitrogens with zero attached hydrogens (tertiary/aromatic N) is 3. The van der Waals surface area contributed by atoms with Gasteiger partial charge in [-0.05, 0) is 55.7 Å². The molecule has 130 valence electrons. The van der Waals surface area contributed by atoms with Gasteiger partial charge in [-0.25, -0.2) is 4.99 Å². The second kappa shape index (κ2) is 7.76. The van der Waals surface area contributed by atoms with Crippen molar-refractivity contribution in [1.29, 1.82) is 0 Å². The number of hydrogen-bond donors (Lipinski definition) is 0. The number of thiazole rings is 1. The molecule has 0 aliphatic rings. The summed E-state index contributed by atoms with van der Waals surface area (Å²) in [5.41, 5.74) is 5.82. The second-order valence-electron chi connectivity index (χ2n) is 6.20. The number of aryl methyl sites for hydroxylation is 2. The van der Waals surface area contributed by atoms with Crippen LogP contribution >= 0.6 is 11.3 Å². The number of benzene rings is 1. The van der Waals surface area contributed by atoms with E-state index in [4.69, 9.17) is 9.73 Å². The summed E-state index contributed by atoms with van der Waals surface area (Å²) in [5, 5.41) is 2.17. The van der Waals surface area contributed by atoms with E-state index in [1.165, 1.54) is 22.4 Å². The predicted octanol–water partition coefficient (Wildman–Crippen LogP) is 4.67. The highest BCUT2D eigenvalue weighted by Crippen LogP contribution is 2.26. The zero-order chi connectivity index (χ0) is 17.8. The molecule has 0 saturated heterocycles. The van der Waals surface area contributed by atoms with Gasteiger partial charge in [0.2, 0.25) is 0 Å². The number of ether oxygens (including phenoxy) is 1. The molecular formula is C20H23N3OS. The Hall–Kier alpha value is -2.24. The van der Waals surface area contributed by atoms with Crippen molar-refractivity contribution in [2.75, 3.05) is 13.7 Å². The van der Waals surface area contributed by atoms with Gasteiger partial charge in [-0.15, -0.1) is 11.3 Å².